The second-order valence-electron chi connectivity index (χ2n) is 6.25. The van der Waals surface area contributed by atoms with Crippen LogP contribution in [0.4, 0.5) is 13.2 Å². The molecule has 0 radical (unpaired) electrons. The molecular formula is C15H20F3N3O. The average molecular weight is 315 g/mol. The molecule has 122 valence electrons. The molecule has 2 fully saturated rings. The number of amides is 1. The standard InChI is InChI=1S/C15H20F3N3O/c16-15(17,18)13-9-12(10-5-6-10)21(20-13)8-7-14(22)19-11-3-1-2-4-11/h9-11H,1-8H2,(H,19,22). The second-order valence-corrected chi connectivity index (χ2v) is 6.25. The van der Waals surface area contributed by atoms with Crippen molar-refractivity contribution in [3.63, 3.8) is 0 Å². The molecule has 1 amide bonds. The Labute approximate surface area is 127 Å². The molecule has 0 aliphatic heterocycles. The van der Waals surface area contributed by atoms with Crippen LogP contribution in [0.25, 0.3) is 0 Å². The topological polar surface area (TPSA) is 46.9 Å². The van der Waals surface area contributed by atoms with E-state index in [9.17, 15) is 18.0 Å². The first kappa shape index (κ1) is 15.4. The van der Waals surface area contributed by atoms with Crippen LogP contribution in [-0.4, -0.2) is 21.7 Å². The van der Waals surface area contributed by atoms with Gasteiger partial charge >= 0.3 is 6.18 Å². The van der Waals surface area contributed by atoms with Gasteiger partial charge in [-0.3, -0.25) is 9.48 Å². The highest BCUT2D eigenvalue weighted by Crippen LogP contribution is 2.42. The van der Waals surface area contributed by atoms with E-state index in [4.69, 9.17) is 0 Å². The van der Waals surface area contributed by atoms with Gasteiger partial charge in [-0.25, -0.2) is 0 Å². The van der Waals surface area contributed by atoms with Gasteiger partial charge in [0.15, 0.2) is 5.69 Å². The highest BCUT2D eigenvalue weighted by molar-refractivity contribution is 5.76. The van der Waals surface area contributed by atoms with Gasteiger partial charge in [-0.1, -0.05) is 12.8 Å². The predicted octanol–water partition coefficient (Wildman–Crippen LogP) is 3.23. The van der Waals surface area contributed by atoms with Crippen LogP contribution in [0.5, 0.6) is 0 Å². The summed E-state index contributed by atoms with van der Waals surface area (Å²) in [6, 6.07) is 1.37. The zero-order chi connectivity index (χ0) is 15.7. The summed E-state index contributed by atoms with van der Waals surface area (Å²) >= 11 is 0. The van der Waals surface area contributed by atoms with E-state index < -0.39 is 11.9 Å². The third-order valence-electron chi connectivity index (χ3n) is 4.37. The van der Waals surface area contributed by atoms with Crippen LogP contribution in [0.1, 0.15) is 62.3 Å². The number of hydrogen-bond acceptors (Lipinski definition) is 2. The molecule has 1 N–H and O–H groups in total. The predicted molar refractivity (Wildman–Crippen MR) is 74.2 cm³/mol. The zero-order valence-corrected chi connectivity index (χ0v) is 12.3. The minimum atomic E-state index is -4.43. The number of halogens is 3. The van der Waals surface area contributed by atoms with Crippen molar-refractivity contribution in [2.24, 2.45) is 0 Å². The van der Waals surface area contributed by atoms with Crippen molar-refractivity contribution in [1.29, 1.82) is 0 Å². The Morgan fingerprint density at radius 3 is 2.55 bits per heavy atom. The Hall–Kier alpha value is -1.53. The van der Waals surface area contributed by atoms with E-state index in [2.05, 4.69) is 10.4 Å². The Kier molecular flexibility index (Phi) is 4.14. The number of carbonyl (C=O) groups is 1. The third-order valence-corrected chi connectivity index (χ3v) is 4.37. The Morgan fingerprint density at radius 1 is 1.27 bits per heavy atom. The van der Waals surface area contributed by atoms with E-state index in [1.54, 1.807) is 0 Å². The molecule has 0 saturated heterocycles. The van der Waals surface area contributed by atoms with Gasteiger partial charge in [0.25, 0.3) is 0 Å². The Bertz CT molecular complexity index is 543. The van der Waals surface area contributed by atoms with Gasteiger partial charge < -0.3 is 5.32 Å². The van der Waals surface area contributed by atoms with E-state index in [0.29, 0.717) is 5.69 Å². The first-order chi connectivity index (χ1) is 10.4. The molecule has 1 aromatic rings. The molecule has 0 spiro atoms. The fraction of sp³-hybridized carbons (Fsp3) is 0.733. The number of nitrogens with one attached hydrogen (secondary N) is 1. The van der Waals surface area contributed by atoms with Crippen LogP contribution < -0.4 is 5.32 Å². The number of aryl methyl sites for hydroxylation is 1. The lowest BCUT2D eigenvalue weighted by Crippen LogP contribution is -2.33. The maximum atomic E-state index is 12.8. The molecule has 0 bridgehead atoms. The van der Waals surface area contributed by atoms with Crippen molar-refractivity contribution in [1.82, 2.24) is 15.1 Å². The van der Waals surface area contributed by atoms with E-state index >= 15 is 0 Å². The molecule has 1 heterocycles. The monoisotopic (exact) mass is 315 g/mol. The smallest absolute Gasteiger partial charge is 0.353 e. The molecule has 4 nitrogen and oxygen atoms in total. The molecule has 1 aromatic heterocycles. The molecule has 3 rings (SSSR count). The highest BCUT2D eigenvalue weighted by atomic mass is 19.4. The molecule has 2 saturated carbocycles. The normalized spacial score (nSPS) is 19.6. The quantitative estimate of drug-likeness (QED) is 0.907. The molecule has 7 heteroatoms. The van der Waals surface area contributed by atoms with Crippen molar-refractivity contribution in [3.8, 4) is 0 Å². The van der Waals surface area contributed by atoms with Gasteiger partial charge in [0, 0.05) is 30.6 Å². The van der Waals surface area contributed by atoms with Crippen molar-refractivity contribution < 1.29 is 18.0 Å². The SMILES string of the molecule is O=C(CCn1nc(C(F)(F)F)cc1C1CC1)NC1CCCC1. The van der Waals surface area contributed by atoms with Crippen molar-refractivity contribution in [3.05, 3.63) is 17.5 Å². The van der Waals surface area contributed by atoms with Gasteiger partial charge in [0.05, 0.1) is 0 Å². The van der Waals surface area contributed by atoms with Gasteiger partial charge in [-0.15, -0.1) is 0 Å². The summed E-state index contributed by atoms with van der Waals surface area (Å²) in [6.45, 7) is 0.209. The Morgan fingerprint density at radius 2 is 1.95 bits per heavy atom. The maximum absolute atomic E-state index is 12.8. The van der Waals surface area contributed by atoms with Crippen LogP contribution >= 0.6 is 0 Å². The van der Waals surface area contributed by atoms with Crippen LogP contribution in [0, 0.1) is 0 Å². The summed E-state index contributed by atoms with van der Waals surface area (Å²) in [7, 11) is 0. The van der Waals surface area contributed by atoms with Gasteiger partial charge in [0.2, 0.25) is 5.91 Å². The zero-order valence-electron chi connectivity index (χ0n) is 12.3. The second kappa shape index (κ2) is 5.93. The number of rotatable bonds is 5. The first-order valence-electron chi connectivity index (χ1n) is 7.88. The summed E-state index contributed by atoms with van der Waals surface area (Å²) in [5.41, 5.74) is -0.244. The van der Waals surface area contributed by atoms with E-state index in [1.165, 1.54) is 4.68 Å². The number of hydrogen-bond donors (Lipinski definition) is 1. The van der Waals surface area contributed by atoms with Crippen molar-refractivity contribution in [2.75, 3.05) is 0 Å². The number of carbonyl (C=O) groups excluding carboxylic acids is 1. The van der Waals surface area contributed by atoms with Gasteiger partial charge in [0.1, 0.15) is 0 Å². The molecule has 2 aliphatic rings. The van der Waals surface area contributed by atoms with E-state index in [-0.39, 0.29) is 30.8 Å². The van der Waals surface area contributed by atoms with Crippen LogP contribution in [0.15, 0.2) is 6.07 Å². The van der Waals surface area contributed by atoms with Crippen LogP contribution in [0.3, 0.4) is 0 Å². The summed E-state index contributed by atoms with van der Waals surface area (Å²) in [4.78, 5) is 11.9. The van der Waals surface area contributed by atoms with E-state index in [1.807, 2.05) is 0 Å². The minimum Gasteiger partial charge on any atom is -0.353 e. The minimum absolute atomic E-state index is 0.0993. The van der Waals surface area contributed by atoms with E-state index in [0.717, 1.165) is 44.6 Å². The van der Waals surface area contributed by atoms with Gasteiger partial charge in [-0.2, -0.15) is 18.3 Å². The molecule has 0 aromatic carbocycles. The fourth-order valence-corrected chi connectivity index (χ4v) is 3.03. The summed E-state index contributed by atoms with van der Waals surface area (Å²) in [5, 5.41) is 6.61. The van der Waals surface area contributed by atoms with Crippen LogP contribution in [0.2, 0.25) is 0 Å². The summed E-state index contributed by atoms with van der Waals surface area (Å²) in [6.07, 6.45) is 1.80. The molecule has 22 heavy (non-hydrogen) atoms. The summed E-state index contributed by atoms with van der Waals surface area (Å²) in [5.74, 6) is 0.0687. The summed E-state index contributed by atoms with van der Waals surface area (Å²) < 4.78 is 39.7. The molecule has 2 aliphatic carbocycles. The lowest BCUT2D eigenvalue weighted by molar-refractivity contribution is -0.141. The first-order valence-corrected chi connectivity index (χ1v) is 7.88. The molecule has 0 unspecified atom stereocenters. The highest BCUT2D eigenvalue weighted by Gasteiger charge is 2.37. The fourth-order valence-electron chi connectivity index (χ4n) is 3.03. The number of nitrogens with zero attached hydrogens (tertiary/aromatic N) is 2. The number of aromatic nitrogens is 2. The van der Waals surface area contributed by atoms with Crippen molar-refractivity contribution >= 4 is 5.91 Å². The van der Waals surface area contributed by atoms with Crippen LogP contribution in [-0.2, 0) is 17.5 Å². The lowest BCUT2D eigenvalue weighted by atomic mass is 10.2. The molecule has 0 atom stereocenters. The average Bonchev–Trinajstić information content (AvgIpc) is 2.98. The largest absolute Gasteiger partial charge is 0.435 e. The van der Waals surface area contributed by atoms with Gasteiger partial charge in [-0.05, 0) is 31.7 Å². The Balaban J connectivity index is 1.61. The number of alkyl halides is 3. The third kappa shape index (κ3) is 3.62. The van der Waals surface area contributed by atoms with Crippen molar-refractivity contribution in [2.45, 2.75) is 69.6 Å². The molecular weight excluding hydrogens is 295 g/mol. The maximum Gasteiger partial charge on any atom is 0.435 e. The lowest BCUT2D eigenvalue weighted by Gasteiger charge is -2.12.